The minimum absolute atomic E-state index is 0.769. The molecule has 2 heterocycles. The van der Waals surface area contributed by atoms with Gasteiger partial charge in [0.15, 0.2) is 0 Å². The minimum Gasteiger partial charge on any atom is -0.310 e. The summed E-state index contributed by atoms with van der Waals surface area (Å²) in [6, 6.07) is 54.5. The summed E-state index contributed by atoms with van der Waals surface area (Å²) in [6.45, 7) is 0. The molecular weight excluding hydrogens is 576 g/mol. The van der Waals surface area contributed by atoms with Crippen LogP contribution in [0.4, 0.5) is 17.1 Å². The van der Waals surface area contributed by atoms with Crippen molar-refractivity contribution in [3.63, 3.8) is 0 Å². The summed E-state index contributed by atoms with van der Waals surface area (Å²) < 4.78 is 4.87. The number of benzene rings is 7. The Balaban J connectivity index is 1.30. The number of anilines is 3. The van der Waals surface area contributed by atoms with E-state index < -0.39 is 0 Å². The molecule has 0 bridgehead atoms. The topological polar surface area (TPSA) is 8.17 Å². The van der Waals surface area contributed by atoms with Gasteiger partial charge in [-0.05, 0) is 83.6 Å². The monoisotopic (exact) mass is 600 g/mol. The van der Waals surface area contributed by atoms with Crippen LogP contribution in [0.5, 0.6) is 0 Å². The quantitative estimate of drug-likeness (QED) is 0.195. The zero-order valence-electron chi connectivity index (χ0n) is 23.6. The standard InChI is InChI=1S/C40H25ClN2S/c41-28-15-19-35-36-24-31(18-21-39(36)44-40(35)23-28)42(29-10-2-1-3-11-29)32-17-20-34-33-12-6-7-13-37(33)43(38(34)25-32)30-16-14-26-8-4-5-9-27(26)22-30/h1-25H. The molecule has 0 aliphatic rings. The van der Waals surface area contributed by atoms with E-state index in [1.807, 2.05) is 6.07 Å². The number of thiophene rings is 1. The molecule has 0 spiro atoms. The lowest BCUT2D eigenvalue weighted by Crippen LogP contribution is -2.09. The van der Waals surface area contributed by atoms with Crippen LogP contribution < -0.4 is 4.90 Å². The molecule has 7 aromatic carbocycles. The molecular formula is C40H25ClN2S. The third-order valence-corrected chi connectivity index (χ3v) is 9.96. The van der Waals surface area contributed by atoms with Crippen molar-refractivity contribution in [1.29, 1.82) is 0 Å². The maximum atomic E-state index is 6.35. The van der Waals surface area contributed by atoms with Gasteiger partial charge in [0.1, 0.15) is 0 Å². The van der Waals surface area contributed by atoms with Crippen LogP contribution in [-0.4, -0.2) is 4.57 Å². The average Bonchev–Trinajstić information content (AvgIpc) is 3.59. The van der Waals surface area contributed by atoms with Gasteiger partial charge in [-0.1, -0.05) is 90.5 Å². The van der Waals surface area contributed by atoms with Crippen LogP contribution in [0, 0.1) is 0 Å². The highest BCUT2D eigenvalue weighted by atomic mass is 35.5. The third-order valence-electron chi connectivity index (χ3n) is 8.60. The Morgan fingerprint density at radius 1 is 0.455 bits per heavy atom. The predicted octanol–water partition coefficient (Wildman–Crippen LogP) is 12.4. The lowest BCUT2D eigenvalue weighted by atomic mass is 10.1. The Hall–Kier alpha value is -5.09. The summed E-state index contributed by atoms with van der Waals surface area (Å²) in [6.07, 6.45) is 0. The van der Waals surface area contributed by atoms with Crippen molar-refractivity contribution in [2.24, 2.45) is 0 Å². The van der Waals surface area contributed by atoms with Crippen LogP contribution in [0.1, 0.15) is 0 Å². The van der Waals surface area contributed by atoms with Crippen LogP contribution in [0.15, 0.2) is 152 Å². The van der Waals surface area contributed by atoms with E-state index in [-0.39, 0.29) is 0 Å². The van der Waals surface area contributed by atoms with E-state index in [9.17, 15) is 0 Å². The molecule has 0 fully saturated rings. The molecule has 2 nitrogen and oxygen atoms in total. The Morgan fingerprint density at radius 2 is 1.18 bits per heavy atom. The largest absolute Gasteiger partial charge is 0.310 e. The Bertz CT molecular complexity index is 2530. The number of rotatable bonds is 4. The maximum absolute atomic E-state index is 6.35. The van der Waals surface area contributed by atoms with Crippen molar-refractivity contribution >= 4 is 92.8 Å². The first-order valence-corrected chi connectivity index (χ1v) is 15.9. The Morgan fingerprint density at radius 3 is 2.09 bits per heavy atom. The second-order valence-corrected chi connectivity index (χ2v) is 12.7. The Kier molecular flexibility index (Phi) is 5.77. The van der Waals surface area contributed by atoms with Gasteiger partial charge < -0.3 is 9.47 Å². The molecule has 44 heavy (non-hydrogen) atoms. The SMILES string of the molecule is Clc1ccc2c(c1)sc1ccc(N(c3ccccc3)c3ccc4c5ccccc5n(-c5ccc6ccccc6c5)c4c3)cc12. The molecule has 0 N–H and O–H groups in total. The summed E-state index contributed by atoms with van der Waals surface area (Å²) >= 11 is 8.13. The van der Waals surface area contributed by atoms with Crippen molar-refractivity contribution in [2.45, 2.75) is 0 Å². The zero-order chi connectivity index (χ0) is 29.2. The molecule has 0 radical (unpaired) electrons. The van der Waals surface area contributed by atoms with E-state index in [1.165, 1.54) is 52.8 Å². The molecule has 0 saturated heterocycles. The lowest BCUT2D eigenvalue weighted by Gasteiger charge is -2.26. The summed E-state index contributed by atoms with van der Waals surface area (Å²) in [5.74, 6) is 0. The normalized spacial score (nSPS) is 11.8. The highest BCUT2D eigenvalue weighted by molar-refractivity contribution is 7.25. The van der Waals surface area contributed by atoms with E-state index >= 15 is 0 Å². The first-order valence-electron chi connectivity index (χ1n) is 14.7. The van der Waals surface area contributed by atoms with Gasteiger partial charge in [0.2, 0.25) is 0 Å². The van der Waals surface area contributed by atoms with E-state index in [4.69, 9.17) is 11.6 Å². The predicted molar refractivity (Wildman–Crippen MR) is 191 cm³/mol. The summed E-state index contributed by atoms with van der Waals surface area (Å²) in [7, 11) is 0. The zero-order valence-corrected chi connectivity index (χ0v) is 25.2. The number of hydrogen-bond acceptors (Lipinski definition) is 2. The van der Waals surface area contributed by atoms with Gasteiger partial charge in [-0.15, -0.1) is 11.3 Å². The number of fused-ring (bicyclic) bond motifs is 7. The second kappa shape index (κ2) is 9.99. The van der Waals surface area contributed by atoms with Gasteiger partial charge in [-0.3, -0.25) is 0 Å². The number of aromatic nitrogens is 1. The van der Waals surface area contributed by atoms with Gasteiger partial charge in [0.25, 0.3) is 0 Å². The molecule has 0 amide bonds. The molecule has 0 aliphatic heterocycles. The van der Waals surface area contributed by atoms with Gasteiger partial charge in [0, 0.05) is 58.7 Å². The van der Waals surface area contributed by atoms with Crippen LogP contribution in [0.2, 0.25) is 5.02 Å². The van der Waals surface area contributed by atoms with Crippen molar-refractivity contribution in [3.8, 4) is 5.69 Å². The number of halogens is 1. The number of hydrogen-bond donors (Lipinski definition) is 0. The van der Waals surface area contributed by atoms with Crippen LogP contribution >= 0.6 is 22.9 Å². The van der Waals surface area contributed by atoms with E-state index in [0.717, 1.165) is 27.8 Å². The van der Waals surface area contributed by atoms with Crippen molar-refractivity contribution in [2.75, 3.05) is 4.90 Å². The van der Waals surface area contributed by atoms with Gasteiger partial charge in [-0.2, -0.15) is 0 Å². The van der Waals surface area contributed by atoms with Gasteiger partial charge >= 0.3 is 0 Å². The van der Waals surface area contributed by atoms with E-state index in [2.05, 4.69) is 155 Å². The molecule has 0 saturated carbocycles. The van der Waals surface area contributed by atoms with Crippen molar-refractivity contribution in [1.82, 2.24) is 4.57 Å². The molecule has 9 aromatic rings. The third kappa shape index (κ3) is 4.01. The van der Waals surface area contributed by atoms with E-state index in [1.54, 1.807) is 11.3 Å². The fraction of sp³-hybridized carbons (Fsp3) is 0. The smallest absolute Gasteiger partial charge is 0.0561 e. The van der Waals surface area contributed by atoms with Crippen LogP contribution in [0.25, 0.3) is 58.4 Å². The first-order chi connectivity index (χ1) is 21.7. The summed E-state index contributed by atoms with van der Waals surface area (Å²) in [4.78, 5) is 2.36. The average molecular weight is 601 g/mol. The molecule has 0 aliphatic carbocycles. The molecule has 2 aromatic heterocycles. The van der Waals surface area contributed by atoms with Crippen molar-refractivity contribution in [3.05, 3.63) is 157 Å². The molecule has 0 unspecified atom stereocenters. The Labute approximate surface area is 263 Å². The molecule has 4 heteroatoms. The summed E-state index contributed by atoms with van der Waals surface area (Å²) in [5, 5.41) is 8.20. The highest BCUT2D eigenvalue weighted by Crippen LogP contribution is 2.43. The number of para-hydroxylation sites is 2. The second-order valence-electron chi connectivity index (χ2n) is 11.2. The summed E-state index contributed by atoms with van der Waals surface area (Å²) in [5.41, 5.74) is 6.87. The molecule has 0 atom stereocenters. The fourth-order valence-electron chi connectivity index (χ4n) is 6.59. The minimum atomic E-state index is 0.769. The first kappa shape index (κ1) is 25.4. The fourth-order valence-corrected chi connectivity index (χ4v) is 7.96. The highest BCUT2D eigenvalue weighted by Gasteiger charge is 2.18. The van der Waals surface area contributed by atoms with Gasteiger partial charge in [0.05, 0.1) is 11.0 Å². The number of nitrogens with zero attached hydrogens (tertiary/aromatic N) is 2. The lowest BCUT2D eigenvalue weighted by molar-refractivity contribution is 1.18. The van der Waals surface area contributed by atoms with Crippen LogP contribution in [0.3, 0.4) is 0 Å². The van der Waals surface area contributed by atoms with Crippen LogP contribution in [-0.2, 0) is 0 Å². The molecule has 9 rings (SSSR count). The maximum Gasteiger partial charge on any atom is 0.0561 e. The van der Waals surface area contributed by atoms with Gasteiger partial charge in [-0.25, -0.2) is 0 Å². The van der Waals surface area contributed by atoms with Crippen molar-refractivity contribution < 1.29 is 0 Å². The molecule has 208 valence electrons. The van der Waals surface area contributed by atoms with E-state index in [0.29, 0.717) is 0 Å².